The van der Waals surface area contributed by atoms with E-state index in [2.05, 4.69) is 33.1 Å². The summed E-state index contributed by atoms with van der Waals surface area (Å²) >= 11 is 0. The Balaban J connectivity index is 1.67. The second kappa shape index (κ2) is 8.20. The van der Waals surface area contributed by atoms with Crippen molar-refractivity contribution >= 4 is 11.7 Å². The van der Waals surface area contributed by atoms with Crippen molar-refractivity contribution in [3.05, 3.63) is 41.3 Å². The van der Waals surface area contributed by atoms with Gasteiger partial charge < -0.3 is 9.64 Å². The lowest BCUT2D eigenvalue weighted by Gasteiger charge is -2.21. The van der Waals surface area contributed by atoms with E-state index < -0.39 is 5.60 Å². The molecule has 0 saturated carbocycles. The summed E-state index contributed by atoms with van der Waals surface area (Å²) in [5.41, 5.74) is 4.19. The van der Waals surface area contributed by atoms with Gasteiger partial charge in [-0.25, -0.2) is 4.98 Å². The first-order valence-corrected chi connectivity index (χ1v) is 9.99. The lowest BCUT2D eigenvalue weighted by molar-refractivity contribution is -0.155. The summed E-state index contributed by atoms with van der Waals surface area (Å²) in [6.45, 7) is 11.2. The topological polar surface area (TPSA) is 79.1 Å². The van der Waals surface area contributed by atoms with Crippen molar-refractivity contribution in [1.82, 2.24) is 9.97 Å². The zero-order valence-electron chi connectivity index (χ0n) is 17.8. The van der Waals surface area contributed by atoms with Crippen molar-refractivity contribution in [1.29, 1.82) is 5.26 Å². The van der Waals surface area contributed by atoms with Gasteiger partial charge in [-0.1, -0.05) is 12.1 Å². The molecule has 1 aromatic heterocycles. The van der Waals surface area contributed by atoms with Gasteiger partial charge in [0.25, 0.3) is 0 Å². The van der Waals surface area contributed by atoms with E-state index >= 15 is 0 Å². The molecule has 0 N–H and O–H groups in total. The fraction of sp³-hybridized carbons (Fsp3) is 0.478. The van der Waals surface area contributed by atoms with Crippen molar-refractivity contribution in [2.45, 2.75) is 53.1 Å². The number of nitriles is 1. The SMILES string of the molecule is Cc1nc(C)c(-c2ccc(N3CCC(CC(=O)OC(C)(C)C)C3)cc2)nc1C#N. The number of aryl methyl sites for hydroxylation is 2. The van der Waals surface area contributed by atoms with Gasteiger partial charge in [0, 0.05) is 24.3 Å². The Kier molecular flexibility index (Phi) is 5.88. The van der Waals surface area contributed by atoms with Crippen molar-refractivity contribution in [3.63, 3.8) is 0 Å². The Hall–Kier alpha value is -2.94. The molecular weight excluding hydrogens is 364 g/mol. The van der Waals surface area contributed by atoms with Crippen LogP contribution in [-0.2, 0) is 9.53 Å². The van der Waals surface area contributed by atoms with Crippen molar-refractivity contribution in [2.24, 2.45) is 5.92 Å². The quantitative estimate of drug-likeness (QED) is 0.726. The van der Waals surface area contributed by atoms with Crippen LogP contribution in [0.2, 0.25) is 0 Å². The minimum Gasteiger partial charge on any atom is -0.460 e. The summed E-state index contributed by atoms with van der Waals surface area (Å²) in [4.78, 5) is 23.3. The second-order valence-corrected chi connectivity index (χ2v) is 8.64. The number of hydrogen-bond donors (Lipinski definition) is 0. The van der Waals surface area contributed by atoms with Crippen LogP contribution < -0.4 is 4.90 Å². The molecule has 152 valence electrons. The van der Waals surface area contributed by atoms with Crippen LogP contribution in [0.3, 0.4) is 0 Å². The first-order chi connectivity index (χ1) is 13.7. The van der Waals surface area contributed by atoms with Crippen LogP contribution in [0.5, 0.6) is 0 Å². The Morgan fingerprint density at radius 1 is 1.21 bits per heavy atom. The van der Waals surface area contributed by atoms with Crippen LogP contribution in [0.25, 0.3) is 11.3 Å². The highest BCUT2D eigenvalue weighted by Gasteiger charge is 2.27. The zero-order chi connectivity index (χ0) is 21.2. The largest absolute Gasteiger partial charge is 0.460 e. The number of nitrogens with zero attached hydrogens (tertiary/aromatic N) is 4. The van der Waals surface area contributed by atoms with Crippen molar-refractivity contribution < 1.29 is 9.53 Å². The van der Waals surface area contributed by atoms with Crippen LogP contribution in [0.15, 0.2) is 24.3 Å². The smallest absolute Gasteiger partial charge is 0.306 e. The van der Waals surface area contributed by atoms with Crippen molar-refractivity contribution in [2.75, 3.05) is 18.0 Å². The highest BCUT2D eigenvalue weighted by molar-refractivity contribution is 5.70. The lowest BCUT2D eigenvalue weighted by Crippen LogP contribution is -2.26. The van der Waals surface area contributed by atoms with E-state index in [9.17, 15) is 10.1 Å². The molecule has 1 atom stereocenters. The highest BCUT2D eigenvalue weighted by atomic mass is 16.6. The summed E-state index contributed by atoms with van der Waals surface area (Å²) in [5, 5.41) is 9.23. The predicted molar refractivity (Wildman–Crippen MR) is 112 cm³/mol. The molecule has 0 amide bonds. The number of rotatable bonds is 4. The van der Waals surface area contributed by atoms with E-state index in [0.717, 1.165) is 42.1 Å². The molecule has 1 aromatic carbocycles. The summed E-state index contributed by atoms with van der Waals surface area (Å²) in [6.07, 6.45) is 1.44. The maximum absolute atomic E-state index is 12.1. The molecular formula is C23H28N4O2. The molecule has 0 spiro atoms. The highest BCUT2D eigenvalue weighted by Crippen LogP contribution is 2.29. The molecule has 0 aliphatic carbocycles. The average molecular weight is 393 g/mol. The van der Waals surface area contributed by atoms with Crippen molar-refractivity contribution in [3.8, 4) is 17.3 Å². The van der Waals surface area contributed by atoms with Gasteiger partial charge >= 0.3 is 5.97 Å². The predicted octanol–water partition coefficient (Wildman–Crippen LogP) is 4.19. The molecule has 3 rings (SSSR count). The average Bonchev–Trinajstić information content (AvgIpc) is 3.09. The summed E-state index contributed by atoms with van der Waals surface area (Å²) in [6, 6.07) is 10.3. The number of esters is 1. The van der Waals surface area contributed by atoms with E-state index in [4.69, 9.17) is 4.74 Å². The van der Waals surface area contributed by atoms with Gasteiger partial charge in [0.1, 0.15) is 11.7 Å². The van der Waals surface area contributed by atoms with Crippen LogP contribution in [-0.4, -0.2) is 34.6 Å². The zero-order valence-corrected chi connectivity index (χ0v) is 17.8. The lowest BCUT2D eigenvalue weighted by atomic mass is 10.0. The molecule has 2 aromatic rings. The number of aromatic nitrogens is 2. The third kappa shape index (κ3) is 5.11. The van der Waals surface area contributed by atoms with E-state index in [-0.39, 0.29) is 5.97 Å². The minimum absolute atomic E-state index is 0.124. The summed E-state index contributed by atoms with van der Waals surface area (Å²) in [7, 11) is 0. The Bertz CT molecular complexity index is 939. The molecule has 1 aliphatic heterocycles. The Morgan fingerprint density at radius 2 is 1.90 bits per heavy atom. The molecule has 1 unspecified atom stereocenters. The standard InChI is InChI=1S/C23H28N4O2/c1-15-20(13-24)26-22(16(2)25-15)18-6-8-19(9-7-18)27-11-10-17(14-27)12-21(28)29-23(3,4)5/h6-9,17H,10-12,14H2,1-5H3. The maximum atomic E-state index is 12.1. The molecule has 6 heteroatoms. The van der Waals surface area contributed by atoms with E-state index in [1.807, 2.05) is 39.8 Å². The maximum Gasteiger partial charge on any atom is 0.306 e. The summed E-state index contributed by atoms with van der Waals surface area (Å²) < 4.78 is 5.45. The third-order valence-corrected chi connectivity index (χ3v) is 5.02. The molecule has 2 heterocycles. The van der Waals surface area contributed by atoms with E-state index in [0.29, 0.717) is 23.7 Å². The van der Waals surface area contributed by atoms with Crippen LogP contribution in [0.1, 0.15) is 50.7 Å². The second-order valence-electron chi connectivity index (χ2n) is 8.64. The monoisotopic (exact) mass is 392 g/mol. The fourth-order valence-corrected chi connectivity index (χ4v) is 3.69. The fourth-order valence-electron chi connectivity index (χ4n) is 3.69. The number of carbonyl (C=O) groups excluding carboxylic acids is 1. The van der Waals surface area contributed by atoms with E-state index in [1.54, 1.807) is 6.92 Å². The molecule has 6 nitrogen and oxygen atoms in total. The minimum atomic E-state index is -0.437. The van der Waals surface area contributed by atoms with Gasteiger partial charge in [-0.3, -0.25) is 9.78 Å². The van der Waals surface area contributed by atoms with Gasteiger partial charge in [0.2, 0.25) is 0 Å². The van der Waals surface area contributed by atoms with Gasteiger partial charge in [-0.05, 0) is 59.1 Å². The van der Waals surface area contributed by atoms with Gasteiger partial charge in [-0.15, -0.1) is 0 Å². The number of hydrogen-bond acceptors (Lipinski definition) is 6. The first-order valence-electron chi connectivity index (χ1n) is 9.99. The normalized spacial score (nSPS) is 16.6. The Morgan fingerprint density at radius 3 is 2.52 bits per heavy atom. The van der Waals surface area contributed by atoms with Gasteiger partial charge in [0.15, 0.2) is 5.69 Å². The molecule has 1 saturated heterocycles. The number of anilines is 1. The molecule has 0 bridgehead atoms. The van der Waals surface area contributed by atoms with Crippen LogP contribution in [0.4, 0.5) is 5.69 Å². The molecule has 0 radical (unpaired) electrons. The third-order valence-electron chi connectivity index (χ3n) is 5.02. The number of benzene rings is 1. The van der Waals surface area contributed by atoms with Crippen LogP contribution in [0, 0.1) is 31.1 Å². The van der Waals surface area contributed by atoms with E-state index in [1.165, 1.54) is 0 Å². The molecule has 1 aliphatic rings. The molecule has 1 fully saturated rings. The number of carbonyl (C=O) groups is 1. The molecule has 29 heavy (non-hydrogen) atoms. The van der Waals surface area contributed by atoms with Gasteiger partial charge in [0.05, 0.1) is 23.5 Å². The Labute approximate surface area is 172 Å². The first kappa shape index (κ1) is 20.8. The van der Waals surface area contributed by atoms with Gasteiger partial charge in [-0.2, -0.15) is 5.26 Å². The summed E-state index contributed by atoms with van der Waals surface area (Å²) in [5.74, 6) is 0.189. The van der Waals surface area contributed by atoms with Crippen LogP contribution >= 0.6 is 0 Å². The number of ether oxygens (including phenoxy) is 1.